The number of amides is 1. The Bertz CT molecular complexity index is 722. The molecule has 9 heteroatoms. The summed E-state index contributed by atoms with van der Waals surface area (Å²) in [5.74, 6) is -1.61. The zero-order chi connectivity index (χ0) is 19.7. The van der Waals surface area contributed by atoms with Crippen LogP contribution < -0.4 is 10.0 Å². The molecule has 0 saturated carbocycles. The molecule has 0 saturated heterocycles. The van der Waals surface area contributed by atoms with Crippen LogP contribution in [0.2, 0.25) is 5.02 Å². The zero-order valence-corrected chi connectivity index (χ0v) is 16.7. The first-order chi connectivity index (χ1) is 12.2. The van der Waals surface area contributed by atoms with Gasteiger partial charge in [0.15, 0.2) is 6.61 Å². The lowest BCUT2D eigenvalue weighted by Gasteiger charge is -2.20. The average Bonchev–Trinajstić information content (AvgIpc) is 2.57. The van der Waals surface area contributed by atoms with Gasteiger partial charge in [-0.1, -0.05) is 44.9 Å². The maximum atomic E-state index is 12.5. The molecule has 0 aliphatic rings. The van der Waals surface area contributed by atoms with E-state index < -0.39 is 34.5 Å². The topological polar surface area (TPSA) is 102 Å². The number of benzene rings is 1. The molecular weight excluding hydrogens is 380 g/mol. The second-order valence-electron chi connectivity index (χ2n) is 6.11. The van der Waals surface area contributed by atoms with Crippen molar-refractivity contribution in [2.45, 2.75) is 44.6 Å². The van der Waals surface area contributed by atoms with Gasteiger partial charge in [0.1, 0.15) is 6.04 Å². The molecule has 0 spiro atoms. The molecule has 2 N–H and O–H groups in total. The normalized spacial score (nSPS) is 12.7. The van der Waals surface area contributed by atoms with Crippen molar-refractivity contribution in [3.63, 3.8) is 0 Å². The highest BCUT2D eigenvalue weighted by Gasteiger charge is 2.30. The Hall–Kier alpha value is -1.64. The highest BCUT2D eigenvalue weighted by atomic mass is 35.5. The van der Waals surface area contributed by atoms with Crippen LogP contribution in [0.4, 0.5) is 0 Å². The van der Waals surface area contributed by atoms with E-state index in [9.17, 15) is 18.0 Å². The fraction of sp³-hybridized carbons (Fsp3) is 0.529. The van der Waals surface area contributed by atoms with Crippen molar-refractivity contribution in [1.29, 1.82) is 0 Å². The Morgan fingerprint density at radius 1 is 1.27 bits per heavy atom. The summed E-state index contributed by atoms with van der Waals surface area (Å²) in [6.45, 7) is 5.39. The molecule has 0 fully saturated rings. The van der Waals surface area contributed by atoms with Crippen LogP contribution in [-0.2, 0) is 24.3 Å². The van der Waals surface area contributed by atoms with Crippen LogP contribution in [0.25, 0.3) is 0 Å². The minimum absolute atomic E-state index is 0.0549. The molecule has 1 atom stereocenters. The smallest absolute Gasteiger partial charge is 0.324 e. The van der Waals surface area contributed by atoms with Gasteiger partial charge in [0.2, 0.25) is 10.0 Å². The van der Waals surface area contributed by atoms with Gasteiger partial charge in [-0.2, -0.15) is 4.72 Å². The van der Waals surface area contributed by atoms with E-state index in [0.29, 0.717) is 6.54 Å². The predicted octanol–water partition coefficient (Wildman–Crippen LogP) is 2.10. The minimum atomic E-state index is -3.96. The van der Waals surface area contributed by atoms with E-state index >= 15 is 0 Å². The Morgan fingerprint density at radius 3 is 2.54 bits per heavy atom. The first kappa shape index (κ1) is 22.4. The SMILES string of the molecule is CCCCNC(=O)COC(=O)[C@@H](NS(=O)(=O)c1cccc(Cl)c1)C(C)C. The molecule has 1 aromatic rings. The number of rotatable bonds is 10. The summed E-state index contributed by atoms with van der Waals surface area (Å²) in [5, 5.41) is 2.88. The second kappa shape index (κ2) is 10.5. The molecule has 0 aliphatic heterocycles. The van der Waals surface area contributed by atoms with E-state index in [1.165, 1.54) is 18.2 Å². The maximum absolute atomic E-state index is 12.5. The van der Waals surface area contributed by atoms with Crippen molar-refractivity contribution in [2.24, 2.45) is 5.92 Å². The summed E-state index contributed by atoms with van der Waals surface area (Å²) in [7, 11) is -3.96. The standard InChI is InChI=1S/C17H25ClN2O5S/c1-4-5-9-19-15(21)11-25-17(22)16(12(2)3)20-26(23,24)14-8-6-7-13(18)10-14/h6-8,10,12,16,20H,4-5,9,11H2,1-3H3,(H,19,21)/t16-/m0/s1. The van der Waals surface area contributed by atoms with Crippen molar-refractivity contribution in [1.82, 2.24) is 10.0 Å². The van der Waals surface area contributed by atoms with Crippen LogP contribution in [0.3, 0.4) is 0 Å². The van der Waals surface area contributed by atoms with E-state index in [1.54, 1.807) is 19.9 Å². The number of hydrogen-bond acceptors (Lipinski definition) is 5. The predicted molar refractivity (Wildman–Crippen MR) is 99.3 cm³/mol. The number of esters is 1. The van der Waals surface area contributed by atoms with E-state index in [-0.39, 0.29) is 15.8 Å². The highest BCUT2D eigenvalue weighted by molar-refractivity contribution is 7.89. The van der Waals surface area contributed by atoms with Crippen LogP contribution >= 0.6 is 11.6 Å². The molecule has 7 nitrogen and oxygen atoms in total. The molecule has 0 bridgehead atoms. The largest absolute Gasteiger partial charge is 0.454 e. The van der Waals surface area contributed by atoms with Crippen molar-refractivity contribution in [3.8, 4) is 0 Å². The van der Waals surface area contributed by atoms with Crippen LogP contribution in [0.5, 0.6) is 0 Å². The van der Waals surface area contributed by atoms with Gasteiger partial charge in [0.25, 0.3) is 5.91 Å². The lowest BCUT2D eigenvalue weighted by Crippen LogP contribution is -2.46. The first-order valence-electron chi connectivity index (χ1n) is 8.38. The quantitative estimate of drug-likeness (QED) is 0.459. The lowest BCUT2D eigenvalue weighted by molar-refractivity contribution is -0.151. The van der Waals surface area contributed by atoms with Gasteiger partial charge in [-0.15, -0.1) is 0 Å². The number of nitrogens with one attached hydrogen (secondary N) is 2. The first-order valence-corrected chi connectivity index (χ1v) is 10.2. The number of halogens is 1. The number of unbranched alkanes of at least 4 members (excludes halogenated alkanes) is 1. The molecule has 1 rings (SSSR count). The summed E-state index contributed by atoms with van der Waals surface area (Å²) in [6.07, 6.45) is 1.76. The average molecular weight is 405 g/mol. The fourth-order valence-electron chi connectivity index (χ4n) is 2.01. The summed E-state index contributed by atoms with van der Waals surface area (Å²) in [4.78, 5) is 23.8. The van der Waals surface area contributed by atoms with Gasteiger partial charge in [-0.25, -0.2) is 8.42 Å². The summed E-state index contributed by atoms with van der Waals surface area (Å²) >= 11 is 5.82. The Labute approximate surface area is 159 Å². The molecule has 0 heterocycles. The van der Waals surface area contributed by atoms with Crippen molar-refractivity contribution < 1.29 is 22.7 Å². The third kappa shape index (κ3) is 7.31. The van der Waals surface area contributed by atoms with Crippen LogP contribution in [0.15, 0.2) is 29.2 Å². The van der Waals surface area contributed by atoms with Crippen molar-refractivity contribution in [2.75, 3.05) is 13.2 Å². The van der Waals surface area contributed by atoms with E-state index in [1.807, 2.05) is 6.92 Å². The molecular formula is C17H25ClN2O5S. The van der Waals surface area contributed by atoms with Crippen LogP contribution in [0, 0.1) is 5.92 Å². The molecule has 1 amide bonds. The Kier molecular flexibility index (Phi) is 9.04. The minimum Gasteiger partial charge on any atom is -0.454 e. The van der Waals surface area contributed by atoms with Crippen molar-refractivity contribution in [3.05, 3.63) is 29.3 Å². The lowest BCUT2D eigenvalue weighted by atomic mass is 10.1. The number of carbonyl (C=O) groups excluding carboxylic acids is 2. The van der Waals surface area contributed by atoms with E-state index in [2.05, 4.69) is 10.0 Å². The Balaban J connectivity index is 2.73. The number of ether oxygens (including phenoxy) is 1. The van der Waals surface area contributed by atoms with Gasteiger partial charge in [0.05, 0.1) is 4.90 Å². The molecule has 0 aliphatic carbocycles. The summed E-state index contributed by atoms with van der Waals surface area (Å²) in [6, 6.07) is 4.58. The maximum Gasteiger partial charge on any atom is 0.324 e. The van der Waals surface area contributed by atoms with E-state index in [0.717, 1.165) is 12.8 Å². The van der Waals surface area contributed by atoms with Crippen LogP contribution in [0.1, 0.15) is 33.6 Å². The highest BCUT2D eigenvalue weighted by Crippen LogP contribution is 2.17. The van der Waals surface area contributed by atoms with Gasteiger partial charge < -0.3 is 10.1 Å². The van der Waals surface area contributed by atoms with Gasteiger partial charge in [-0.3, -0.25) is 9.59 Å². The van der Waals surface area contributed by atoms with Gasteiger partial charge in [-0.05, 0) is 30.5 Å². The third-order valence-corrected chi connectivity index (χ3v) is 5.18. The molecule has 146 valence electrons. The van der Waals surface area contributed by atoms with Gasteiger partial charge in [0, 0.05) is 11.6 Å². The van der Waals surface area contributed by atoms with Crippen molar-refractivity contribution >= 4 is 33.5 Å². The van der Waals surface area contributed by atoms with Gasteiger partial charge >= 0.3 is 5.97 Å². The van der Waals surface area contributed by atoms with Crippen LogP contribution in [-0.4, -0.2) is 39.5 Å². The molecule has 0 radical (unpaired) electrons. The number of hydrogen-bond donors (Lipinski definition) is 2. The monoisotopic (exact) mass is 404 g/mol. The summed E-state index contributed by atoms with van der Waals surface area (Å²) < 4.78 is 32.2. The number of carbonyl (C=O) groups is 2. The molecule has 0 unspecified atom stereocenters. The number of sulfonamides is 1. The van der Waals surface area contributed by atoms with E-state index in [4.69, 9.17) is 16.3 Å². The second-order valence-corrected chi connectivity index (χ2v) is 8.26. The fourth-order valence-corrected chi connectivity index (χ4v) is 3.64. The third-order valence-electron chi connectivity index (χ3n) is 3.51. The summed E-state index contributed by atoms with van der Waals surface area (Å²) in [5.41, 5.74) is 0. The zero-order valence-electron chi connectivity index (χ0n) is 15.1. The molecule has 0 aromatic heterocycles. The Morgan fingerprint density at radius 2 is 1.96 bits per heavy atom. The molecule has 1 aromatic carbocycles. The molecule has 26 heavy (non-hydrogen) atoms.